The van der Waals surface area contributed by atoms with Crippen molar-refractivity contribution < 1.29 is 0 Å². The molecular weight excluding hydrogens is 519 g/mol. The number of rotatable bonds is 30. The first kappa shape index (κ1) is 36.9. The summed E-state index contributed by atoms with van der Waals surface area (Å²) in [4.78, 5) is 0. The van der Waals surface area contributed by atoms with E-state index in [2.05, 4.69) is 43.2 Å². The molecule has 0 unspecified atom stereocenters. The molecule has 0 rings (SSSR count). The monoisotopic (exact) mass is 590 g/mol. The molecule has 0 saturated carbocycles. The van der Waals surface area contributed by atoms with Gasteiger partial charge in [0.1, 0.15) is 0 Å². The third kappa shape index (κ3) is 21.8. The minimum absolute atomic E-state index is 1.37. The summed E-state index contributed by atoms with van der Waals surface area (Å²) >= 11 is 4.60. The Morgan fingerprint density at radius 2 is 0.500 bits per heavy atom. The predicted octanol–water partition coefficient (Wildman–Crippen LogP) is 14.1. The van der Waals surface area contributed by atoms with Crippen LogP contribution in [-0.2, 0) is 0 Å². The van der Waals surface area contributed by atoms with Gasteiger partial charge in [0.15, 0.2) is 0 Å². The molecule has 36 heavy (non-hydrogen) atoms. The standard InChI is InChI=1S/C34H72BrP/c1-5-9-11-13-15-17-19-21-23-25-27-29-33-36(35,31-7-3,32-8-4)34-30-28-26-24-22-20-18-16-14-12-10-6-2/h5-34H2,1-4H3. The SMILES string of the molecule is CCCCCCCCCCCCCCP(Br)(CCC)(CCC)CCCCCCCCCCCCCC. The summed E-state index contributed by atoms with van der Waals surface area (Å²) in [6.07, 6.45) is 44.0. The van der Waals surface area contributed by atoms with Gasteiger partial charge in [0.05, 0.1) is 0 Å². The molecule has 0 aliphatic carbocycles. The summed E-state index contributed by atoms with van der Waals surface area (Å²) < 4.78 is 0. The average molecular weight is 592 g/mol. The molecule has 0 fully saturated rings. The fourth-order valence-corrected chi connectivity index (χ4v) is 15.7. The molecule has 0 radical (unpaired) electrons. The van der Waals surface area contributed by atoms with Crippen molar-refractivity contribution in [3.63, 3.8) is 0 Å². The molecule has 0 aliphatic rings. The van der Waals surface area contributed by atoms with Gasteiger partial charge in [-0.3, -0.25) is 0 Å². The van der Waals surface area contributed by atoms with Gasteiger partial charge in [-0.1, -0.05) is 26.7 Å². The molecule has 2 heteroatoms. The number of hydrogen-bond acceptors (Lipinski definition) is 0. The zero-order chi connectivity index (χ0) is 26.7. The number of hydrogen-bond donors (Lipinski definition) is 0. The van der Waals surface area contributed by atoms with Crippen molar-refractivity contribution in [2.45, 2.75) is 195 Å². The third-order valence-corrected chi connectivity index (χ3v) is 19.0. The van der Waals surface area contributed by atoms with Crippen molar-refractivity contribution >= 4 is 20.8 Å². The maximum absolute atomic E-state index is 4.60. The zero-order valence-electron chi connectivity index (χ0n) is 26.0. The minimum atomic E-state index is -1.67. The first-order valence-corrected chi connectivity index (χ1v) is 22.3. The molecular formula is C34H72BrP. The van der Waals surface area contributed by atoms with Gasteiger partial charge >= 0.3 is 213 Å². The molecule has 0 N–H and O–H groups in total. The van der Waals surface area contributed by atoms with E-state index in [1.807, 2.05) is 0 Å². The molecule has 0 aliphatic heterocycles. The Morgan fingerprint density at radius 1 is 0.278 bits per heavy atom. The second-order valence-electron chi connectivity index (χ2n) is 12.5. The van der Waals surface area contributed by atoms with Crippen molar-refractivity contribution in [2.75, 3.05) is 24.6 Å². The van der Waals surface area contributed by atoms with Crippen molar-refractivity contribution in [2.24, 2.45) is 0 Å². The molecule has 0 amide bonds. The minimum Gasteiger partial charge on any atom is -0.0654 e. The summed E-state index contributed by atoms with van der Waals surface area (Å²) in [6, 6.07) is 0. The summed E-state index contributed by atoms with van der Waals surface area (Å²) in [5.41, 5.74) is 0. The Hall–Kier alpha value is 0.910. The molecule has 220 valence electrons. The predicted molar refractivity (Wildman–Crippen MR) is 178 cm³/mol. The second kappa shape index (κ2) is 26.1. The molecule has 0 bridgehead atoms. The zero-order valence-corrected chi connectivity index (χ0v) is 28.5. The van der Waals surface area contributed by atoms with Crippen LogP contribution in [0.4, 0.5) is 0 Å². The smallest absolute Gasteiger partial charge is 0.0654 e. The molecule has 0 spiro atoms. The average Bonchev–Trinajstić information content (AvgIpc) is 2.86. The quantitative estimate of drug-likeness (QED) is 0.0576. The molecule has 0 heterocycles. The Kier molecular flexibility index (Phi) is 26.8. The number of unbranched alkanes of at least 4 members (excludes halogenated alkanes) is 22. The molecule has 0 saturated heterocycles. The fraction of sp³-hybridized carbons (Fsp3) is 1.00. The van der Waals surface area contributed by atoms with Gasteiger partial charge in [-0.25, -0.2) is 0 Å². The third-order valence-electron chi connectivity index (χ3n) is 8.71. The molecule has 0 atom stereocenters. The van der Waals surface area contributed by atoms with Gasteiger partial charge in [0, 0.05) is 0 Å². The van der Waals surface area contributed by atoms with Gasteiger partial charge in [-0.15, -0.1) is 0 Å². The molecule has 0 aromatic rings. The van der Waals surface area contributed by atoms with E-state index in [-0.39, 0.29) is 0 Å². The number of halogens is 1. The van der Waals surface area contributed by atoms with Gasteiger partial charge in [0.2, 0.25) is 0 Å². The van der Waals surface area contributed by atoms with Gasteiger partial charge < -0.3 is 0 Å². The van der Waals surface area contributed by atoms with E-state index < -0.39 is 5.31 Å². The first-order valence-electron chi connectivity index (χ1n) is 17.3. The van der Waals surface area contributed by atoms with Crippen LogP contribution in [0.1, 0.15) is 195 Å². The van der Waals surface area contributed by atoms with Crippen LogP contribution in [0.15, 0.2) is 0 Å². The van der Waals surface area contributed by atoms with E-state index >= 15 is 0 Å². The van der Waals surface area contributed by atoms with Crippen molar-refractivity contribution in [3.8, 4) is 0 Å². The van der Waals surface area contributed by atoms with Gasteiger partial charge in [0.25, 0.3) is 0 Å². The first-order chi connectivity index (χ1) is 17.5. The summed E-state index contributed by atoms with van der Waals surface area (Å²) in [7, 11) is 0. The van der Waals surface area contributed by atoms with Crippen LogP contribution in [-0.4, -0.2) is 24.6 Å². The maximum atomic E-state index is 4.60. The van der Waals surface area contributed by atoms with Crippen LogP contribution in [0.5, 0.6) is 0 Å². The van der Waals surface area contributed by atoms with Crippen LogP contribution >= 0.6 is 20.8 Å². The Morgan fingerprint density at radius 3 is 0.722 bits per heavy atom. The van der Waals surface area contributed by atoms with E-state index in [1.54, 1.807) is 0 Å². The fourth-order valence-electron chi connectivity index (χ4n) is 6.48. The van der Waals surface area contributed by atoms with Gasteiger partial charge in [-0.2, -0.15) is 0 Å². The van der Waals surface area contributed by atoms with E-state index in [0.29, 0.717) is 0 Å². The molecule has 0 nitrogen and oxygen atoms in total. The normalized spacial score (nSPS) is 13.2. The second-order valence-corrected chi connectivity index (χ2v) is 23.9. The van der Waals surface area contributed by atoms with Crippen LogP contribution in [0.2, 0.25) is 0 Å². The summed E-state index contributed by atoms with van der Waals surface area (Å²) in [6.45, 7) is 9.49. The van der Waals surface area contributed by atoms with Crippen molar-refractivity contribution in [3.05, 3.63) is 0 Å². The molecule has 0 aromatic heterocycles. The van der Waals surface area contributed by atoms with E-state index in [9.17, 15) is 0 Å². The van der Waals surface area contributed by atoms with E-state index in [0.717, 1.165) is 0 Å². The van der Waals surface area contributed by atoms with Crippen LogP contribution in [0, 0.1) is 0 Å². The van der Waals surface area contributed by atoms with Gasteiger partial charge in [-0.05, 0) is 0 Å². The van der Waals surface area contributed by atoms with Crippen LogP contribution in [0.3, 0.4) is 0 Å². The Bertz CT molecular complexity index is 397. The molecule has 0 aromatic carbocycles. The van der Waals surface area contributed by atoms with Crippen LogP contribution < -0.4 is 0 Å². The summed E-state index contributed by atoms with van der Waals surface area (Å²) in [5.74, 6) is 0. The topological polar surface area (TPSA) is 0 Å². The summed E-state index contributed by atoms with van der Waals surface area (Å²) in [5, 5.41) is -1.67. The Balaban J connectivity index is 4.03. The van der Waals surface area contributed by atoms with Crippen molar-refractivity contribution in [1.82, 2.24) is 0 Å². The van der Waals surface area contributed by atoms with Crippen molar-refractivity contribution in [1.29, 1.82) is 0 Å². The van der Waals surface area contributed by atoms with Crippen LogP contribution in [0.25, 0.3) is 0 Å². The Labute approximate surface area is 239 Å². The van der Waals surface area contributed by atoms with E-state index in [4.69, 9.17) is 0 Å². The van der Waals surface area contributed by atoms with E-state index in [1.165, 1.54) is 192 Å².